The maximum Gasteiger partial charge on any atom is 0.315 e. The molecule has 1 aromatic heterocycles. The van der Waals surface area contributed by atoms with E-state index in [9.17, 15) is 4.79 Å². The number of esters is 1. The van der Waals surface area contributed by atoms with Crippen molar-refractivity contribution in [1.82, 2.24) is 0 Å². The van der Waals surface area contributed by atoms with Crippen LogP contribution in [0.25, 0.3) is 0 Å². The van der Waals surface area contributed by atoms with E-state index in [0.717, 1.165) is 12.2 Å². The molecule has 0 aliphatic carbocycles. The quantitative estimate of drug-likeness (QED) is 0.682. The fourth-order valence-corrected chi connectivity index (χ4v) is 1.60. The van der Waals surface area contributed by atoms with Gasteiger partial charge in [-0.05, 0) is 18.6 Å². The van der Waals surface area contributed by atoms with Crippen LogP contribution in [-0.4, -0.2) is 18.3 Å². The van der Waals surface area contributed by atoms with E-state index in [1.165, 1.54) is 11.8 Å². The Morgan fingerprint density at radius 1 is 1.64 bits per heavy atom. The van der Waals surface area contributed by atoms with Gasteiger partial charge in [0.2, 0.25) is 0 Å². The van der Waals surface area contributed by atoms with E-state index in [0.29, 0.717) is 18.1 Å². The number of thioether (sulfide) groups is 1. The van der Waals surface area contributed by atoms with Crippen LogP contribution >= 0.6 is 11.8 Å². The van der Waals surface area contributed by atoms with Crippen LogP contribution in [0.5, 0.6) is 0 Å². The molecule has 1 heterocycles. The molecule has 0 aliphatic rings. The first-order valence-corrected chi connectivity index (χ1v) is 5.74. The van der Waals surface area contributed by atoms with Gasteiger partial charge in [0, 0.05) is 0 Å². The first-order chi connectivity index (χ1) is 6.83. The number of hydrogen-bond acceptors (Lipinski definition) is 4. The Kier molecular flexibility index (Phi) is 5.22. The van der Waals surface area contributed by atoms with Gasteiger partial charge < -0.3 is 9.15 Å². The average Bonchev–Trinajstić information content (AvgIpc) is 2.67. The topological polar surface area (TPSA) is 39.4 Å². The van der Waals surface area contributed by atoms with Gasteiger partial charge in [-0.3, -0.25) is 4.79 Å². The minimum absolute atomic E-state index is 0.150. The molecule has 0 saturated carbocycles. The van der Waals surface area contributed by atoms with Crippen LogP contribution in [0.4, 0.5) is 0 Å². The van der Waals surface area contributed by atoms with Crippen molar-refractivity contribution < 1.29 is 13.9 Å². The molecule has 3 nitrogen and oxygen atoms in total. The normalized spacial score (nSPS) is 10.1. The van der Waals surface area contributed by atoms with E-state index in [2.05, 4.69) is 0 Å². The fraction of sp³-hybridized carbons (Fsp3) is 0.500. The minimum atomic E-state index is -0.150. The van der Waals surface area contributed by atoms with Crippen molar-refractivity contribution in [2.75, 3.05) is 12.4 Å². The average molecular weight is 214 g/mol. The summed E-state index contributed by atoms with van der Waals surface area (Å²) in [4.78, 5) is 11.1. The van der Waals surface area contributed by atoms with Gasteiger partial charge in [0.05, 0.1) is 24.4 Å². The van der Waals surface area contributed by atoms with Crippen LogP contribution in [0.3, 0.4) is 0 Å². The van der Waals surface area contributed by atoms with Gasteiger partial charge in [-0.1, -0.05) is 6.92 Å². The zero-order valence-electron chi connectivity index (χ0n) is 8.19. The number of rotatable bonds is 6. The Balaban J connectivity index is 2.06. The molecule has 1 rings (SSSR count). The van der Waals surface area contributed by atoms with E-state index >= 15 is 0 Å². The van der Waals surface area contributed by atoms with E-state index < -0.39 is 0 Å². The van der Waals surface area contributed by atoms with Crippen LogP contribution in [0.15, 0.2) is 22.8 Å². The van der Waals surface area contributed by atoms with Crippen LogP contribution < -0.4 is 0 Å². The van der Waals surface area contributed by atoms with Crippen molar-refractivity contribution >= 4 is 17.7 Å². The molecule has 1 aromatic rings. The Morgan fingerprint density at radius 2 is 2.50 bits per heavy atom. The lowest BCUT2D eigenvalue weighted by molar-refractivity contribution is -0.140. The highest BCUT2D eigenvalue weighted by Crippen LogP contribution is 2.12. The summed E-state index contributed by atoms with van der Waals surface area (Å²) in [6.07, 6.45) is 2.50. The van der Waals surface area contributed by atoms with Crippen LogP contribution in [0.1, 0.15) is 19.1 Å². The second-order valence-electron chi connectivity index (χ2n) is 2.79. The fourth-order valence-electron chi connectivity index (χ4n) is 0.887. The molecule has 0 atom stereocenters. The number of furan rings is 1. The van der Waals surface area contributed by atoms with Crippen molar-refractivity contribution in [3.63, 3.8) is 0 Å². The molecule has 0 bridgehead atoms. The third-order valence-corrected chi connectivity index (χ3v) is 2.44. The highest BCUT2D eigenvalue weighted by atomic mass is 32.2. The molecule has 0 fully saturated rings. The zero-order chi connectivity index (χ0) is 10.2. The van der Waals surface area contributed by atoms with Crippen molar-refractivity contribution in [2.24, 2.45) is 0 Å². The number of carbonyl (C=O) groups is 1. The monoisotopic (exact) mass is 214 g/mol. The number of hydrogen-bond donors (Lipinski definition) is 0. The summed E-state index contributed by atoms with van der Waals surface area (Å²) in [6, 6.07) is 3.73. The summed E-state index contributed by atoms with van der Waals surface area (Å²) in [5.41, 5.74) is 0. The molecular weight excluding hydrogens is 200 g/mol. The Labute approximate surface area is 87.8 Å². The van der Waals surface area contributed by atoms with Gasteiger partial charge in [-0.2, -0.15) is 0 Å². The number of ether oxygens (including phenoxy) is 1. The van der Waals surface area contributed by atoms with Gasteiger partial charge in [-0.25, -0.2) is 0 Å². The molecule has 4 heteroatoms. The maximum atomic E-state index is 11.1. The molecule has 0 aliphatic heterocycles. The molecule has 78 valence electrons. The first kappa shape index (κ1) is 11.2. The lowest BCUT2D eigenvalue weighted by Crippen LogP contribution is -2.07. The molecule has 0 amide bonds. The van der Waals surface area contributed by atoms with Crippen LogP contribution in [0.2, 0.25) is 0 Å². The standard InChI is InChI=1S/C10H14O3S/c1-2-5-13-10(11)8-14-7-9-4-3-6-12-9/h3-4,6H,2,5,7-8H2,1H3. The Morgan fingerprint density at radius 3 is 3.14 bits per heavy atom. The molecule has 0 spiro atoms. The van der Waals surface area contributed by atoms with E-state index in [4.69, 9.17) is 9.15 Å². The highest BCUT2D eigenvalue weighted by molar-refractivity contribution is 7.99. The third-order valence-electron chi connectivity index (χ3n) is 1.51. The summed E-state index contributed by atoms with van der Waals surface area (Å²) >= 11 is 1.50. The summed E-state index contributed by atoms with van der Waals surface area (Å²) in [6.45, 7) is 2.49. The Bertz CT molecular complexity index is 256. The summed E-state index contributed by atoms with van der Waals surface area (Å²) in [5.74, 6) is 1.84. The molecule has 0 radical (unpaired) electrons. The number of carbonyl (C=O) groups excluding carboxylic acids is 1. The van der Waals surface area contributed by atoms with E-state index in [1.54, 1.807) is 6.26 Å². The molecule has 0 saturated heterocycles. The molecule has 0 aromatic carbocycles. The largest absolute Gasteiger partial charge is 0.468 e. The van der Waals surface area contributed by atoms with Crippen molar-refractivity contribution in [1.29, 1.82) is 0 Å². The predicted molar refractivity (Wildman–Crippen MR) is 56.1 cm³/mol. The van der Waals surface area contributed by atoms with Gasteiger partial charge in [0.15, 0.2) is 0 Å². The second kappa shape index (κ2) is 6.54. The summed E-state index contributed by atoms with van der Waals surface area (Å²) in [7, 11) is 0. The van der Waals surface area contributed by atoms with E-state index in [-0.39, 0.29) is 5.97 Å². The first-order valence-electron chi connectivity index (χ1n) is 4.58. The molecule has 0 N–H and O–H groups in total. The zero-order valence-corrected chi connectivity index (χ0v) is 9.01. The van der Waals surface area contributed by atoms with Gasteiger partial charge in [0.1, 0.15) is 5.76 Å². The van der Waals surface area contributed by atoms with Crippen molar-refractivity contribution in [3.8, 4) is 0 Å². The lowest BCUT2D eigenvalue weighted by atomic mass is 10.5. The maximum absolute atomic E-state index is 11.1. The van der Waals surface area contributed by atoms with Gasteiger partial charge in [0.25, 0.3) is 0 Å². The SMILES string of the molecule is CCCOC(=O)CSCc1ccco1. The van der Waals surface area contributed by atoms with E-state index in [1.807, 2.05) is 19.1 Å². The predicted octanol–water partition coefficient (Wildman–Crippen LogP) is 2.47. The smallest absolute Gasteiger partial charge is 0.315 e. The third kappa shape index (κ3) is 4.37. The van der Waals surface area contributed by atoms with Crippen molar-refractivity contribution in [2.45, 2.75) is 19.1 Å². The minimum Gasteiger partial charge on any atom is -0.468 e. The Hall–Kier alpha value is -0.900. The van der Waals surface area contributed by atoms with Crippen molar-refractivity contribution in [3.05, 3.63) is 24.2 Å². The van der Waals surface area contributed by atoms with Gasteiger partial charge >= 0.3 is 5.97 Å². The molecule has 0 unspecified atom stereocenters. The van der Waals surface area contributed by atoms with Gasteiger partial charge in [-0.15, -0.1) is 11.8 Å². The summed E-state index contributed by atoms with van der Waals surface area (Å²) < 4.78 is 10.0. The summed E-state index contributed by atoms with van der Waals surface area (Å²) in [5, 5.41) is 0. The second-order valence-corrected chi connectivity index (χ2v) is 3.78. The van der Waals surface area contributed by atoms with Crippen LogP contribution in [-0.2, 0) is 15.3 Å². The van der Waals surface area contributed by atoms with Crippen LogP contribution in [0, 0.1) is 0 Å². The lowest BCUT2D eigenvalue weighted by Gasteiger charge is -2.01. The highest BCUT2D eigenvalue weighted by Gasteiger charge is 2.03. The molecular formula is C10H14O3S. The molecule has 14 heavy (non-hydrogen) atoms.